The average Bonchev–Trinajstić information content (AvgIpc) is 3.24. The number of rotatable bonds is 10. The zero-order valence-corrected chi connectivity index (χ0v) is 25.0. The summed E-state index contributed by atoms with van der Waals surface area (Å²) in [5, 5.41) is 4.76. The number of halogens is 1. The Balaban J connectivity index is 1.61. The molecule has 0 aliphatic heterocycles. The highest BCUT2D eigenvalue weighted by Gasteiger charge is 2.30. The van der Waals surface area contributed by atoms with Gasteiger partial charge >= 0.3 is 0 Å². The fourth-order valence-corrected chi connectivity index (χ4v) is 5.92. The predicted molar refractivity (Wildman–Crippen MR) is 161 cm³/mol. The lowest BCUT2D eigenvalue weighted by Crippen LogP contribution is -2.39. The topological polar surface area (TPSA) is 102 Å². The van der Waals surface area contributed by atoms with E-state index in [0.717, 1.165) is 32.5 Å². The van der Waals surface area contributed by atoms with Gasteiger partial charge in [-0.2, -0.15) is 5.10 Å². The fraction of sp³-hybridized carbons (Fsp3) is 0.200. The molecule has 4 rings (SSSR count). The van der Waals surface area contributed by atoms with Gasteiger partial charge in [-0.05, 0) is 75.4 Å². The molecule has 9 nitrogen and oxygen atoms in total. The van der Waals surface area contributed by atoms with Crippen LogP contribution in [0.5, 0.6) is 11.5 Å². The Bertz CT molecular complexity index is 1680. The summed E-state index contributed by atoms with van der Waals surface area (Å²) in [4.78, 5) is 13.1. The van der Waals surface area contributed by atoms with Crippen LogP contribution in [0, 0.1) is 20.8 Å². The SMILES string of the molecule is COc1ccc(OC)c(N(CC(=O)N/N=C/c2cc(C)n(-c3ccc(Cl)cc3)c2C)S(=O)(=O)c2ccc(C)cc2)c1. The monoisotopic (exact) mass is 594 g/mol. The van der Waals surface area contributed by atoms with Crippen molar-refractivity contribution in [3.05, 3.63) is 100 Å². The number of sulfonamides is 1. The standard InChI is InChI=1S/C30H31ClN4O5S/c1-20-6-13-27(14-7-20)41(37,38)34(28-17-26(39-4)12-15-29(28)40-5)19-30(36)33-32-18-23-16-21(2)35(22(23)3)25-10-8-24(31)9-11-25/h6-18H,19H2,1-5H3,(H,33,36)/b32-18+. The van der Waals surface area contributed by atoms with Crippen LogP contribution in [-0.2, 0) is 14.8 Å². The van der Waals surface area contributed by atoms with Crippen LogP contribution in [0.1, 0.15) is 22.5 Å². The summed E-state index contributed by atoms with van der Waals surface area (Å²) in [5.41, 5.74) is 7.12. The molecular formula is C30H31ClN4O5S. The molecule has 3 aromatic carbocycles. The molecule has 0 atom stereocenters. The van der Waals surface area contributed by atoms with Crippen molar-refractivity contribution in [3.63, 3.8) is 0 Å². The van der Waals surface area contributed by atoms with Gasteiger partial charge in [0.1, 0.15) is 18.0 Å². The first-order valence-electron chi connectivity index (χ1n) is 12.6. The van der Waals surface area contributed by atoms with Gasteiger partial charge in [0.15, 0.2) is 0 Å². The zero-order chi connectivity index (χ0) is 29.7. The number of anilines is 1. The van der Waals surface area contributed by atoms with Gasteiger partial charge in [0.25, 0.3) is 15.9 Å². The Morgan fingerprint density at radius 3 is 2.29 bits per heavy atom. The van der Waals surface area contributed by atoms with E-state index < -0.39 is 22.5 Å². The summed E-state index contributed by atoms with van der Waals surface area (Å²) >= 11 is 6.03. The molecule has 11 heteroatoms. The minimum atomic E-state index is -4.17. The number of hydrogen-bond donors (Lipinski definition) is 1. The first-order valence-corrected chi connectivity index (χ1v) is 14.4. The second kappa shape index (κ2) is 12.5. The third-order valence-electron chi connectivity index (χ3n) is 6.50. The van der Waals surface area contributed by atoms with Crippen molar-refractivity contribution >= 4 is 39.4 Å². The summed E-state index contributed by atoms with van der Waals surface area (Å²) in [6.07, 6.45) is 1.53. The molecule has 0 aliphatic carbocycles. The van der Waals surface area contributed by atoms with E-state index in [0.29, 0.717) is 10.8 Å². The van der Waals surface area contributed by atoms with Crippen LogP contribution in [0.2, 0.25) is 5.02 Å². The number of hydrazone groups is 1. The predicted octanol–water partition coefficient (Wildman–Crippen LogP) is 5.42. The third-order valence-corrected chi connectivity index (χ3v) is 8.52. The van der Waals surface area contributed by atoms with Crippen LogP contribution in [-0.4, -0.2) is 45.9 Å². The largest absolute Gasteiger partial charge is 0.497 e. The van der Waals surface area contributed by atoms with E-state index in [4.69, 9.17) is 21.1 Å². The van der Waals surface area contributed by atoms with E-state index in [1.54, 1.807) is 24.3 Å². The van der Waals surface area contributed by atoms with E-state index in [1.807, 2.05) is 55.7 Å². The van der Waals surface area contributed by atoms with Gasteiger partial charge in [-0.15, -0.1) is 0 Å². The third kappa shape index (κ3) is 6.55. The van der Waals surface area contributed by atoms with Gasteiger partial charge in [0.2, 0.25) is 0 Å². The Morgan fingerprint density at radius 2 is 1.66 bits per heavy atom. The van der Waals surface area contributed by atoms with E-state index in [9.17, 15) is 13.2 Å². The molecule has 41 heavy (non-hydrogen) atoms. The molecule has 0 bridgehead atoms. The van der Waals surface area contributed by atoms with E-state index in [2.05, 4.69) is 10.5 Å². The highest BCUT2D eigenvalue weighted by Crippen LogP contribution is 2.35. The molecule has 0 fully saturated rings. The van der Waals surface area contributed by atoms with Crippen LogP contribution < -0.4 is 19.2 Å². The second-order valence-corrected chi connectivity index (χ2v) is 11.6. The number of nitrogens with one attached hydrogen (secondary N) is 1. The Kier molecular flexibility index (Phi) is 9.05. The van der Waals surface area contributed by atoms with Crippen molar-refractivity contribution in [2.24, 2.45) is 5.10 Å². The van der Waals surface area contributed by atoms with E-state index >= 15 is 0 Å². The average molecular weight is 595 g/mol. The Morgan fingerprint density at radius 1 is 0.976 bits per heavy atom. The fourth-order valence-electron chi connectivity index (χ4n) is 4.37. The van der Waals surface area contributed by atoms with Crippen molar-refractivity contribution in [1.82, 2.24) is 9.99 Å². The number of amides is 1. The Hall–Kier alpha value is -4.28. The van der Waals surface area contributed by atoms with Gasteiger partial charge in [0, 0.05) is 33.7 Å². The molecule has 1 amide bonds. The lowest BCUT2D eigenvalue weighted by Gasteiger charge is -2.25. The quantitative estimate of drug-likeness (QED) is 0.195. The molecule has 0 spiro atoms. The Labute approximate surface area is 245 Å². The molecule has 1 heterocycles. The molecule has 1 aromatic heterocycles. The first kappa shape index (κ1) is 29.7. The number of aryl methyl sites for hydroxylation is 2. The molecule has 1 N–H and O–H groups in total. The van der Waals surface area contributed by atoms with Crippen LogP contribution >= 0.6 is 11.6 Å². The molecule has 214 valence electrons. The van der Waals surface area contributed by atoms with Gasteiger partial charge in [0.05, 0.1) is 31.0 Å². The van der Waals surface area contributed by atoms with Gasteiger partial charge in [-0.3, -0.25) is 9.10 Å². The normalized spacial score (nSPS) is 11.5. The highest BCUT2D eigenvalue weighted by molar-refractivity contribution is 7.92. The maximum atomic E-state index is 13.8. The summed E-state index contributed by atoms with van der Waals surface area (Å²) in [6.45, 7) is 5.21. The summed E-state index contributed by atoms with van der Waals surface area (Å²) in [6, 6.07) is 20.5. The molecular weight excluding hydrogens is 564 g/mol. The smallest absolute Gasteiger partial charge is 0.264 e. The molecule has 0 unspecified atom stereocenters. The molecule has 0 aliphatic rings. The van der Waals surface area contributed by atoms with Crippen LogP contribution in [0.25, 0.3) is 5.69 Å². The van der Waals surface area contributed by atoms with Gasteiger partial charge < -0.3 is 14.0 Å². The van der Waals surface area contributed by atoms with Crippen molar-refractivity contribution in [2.45, 2.75) is 25.7 Å². The van der Waals surface area contributed by atoms with Crippen molar-refractivity contribution in [3.8, 4) is 17.2 Å². The summed E-state index contributed by atoms with van der Waals surface area (Å²) < 4.78 is 41.3. The molecule has 0 radical (unpaired) electrons. The number of ether oxygens (including phenoxy) is 2. The number of benzene rings is 3. The summed E-state index contributed by atoms with van der Waals surface area (Å²) in [5.74, 6) is 0.0140. The van der Waals surface area contributed by atoms with Crippen LogP contribution in [0.3, 0.4) is 0 Å². The first-order chi connectivity index (χ1) is 19.5. The number of nitrogens with zero attached hydrogens (tertiary/aromatic N) is 3. The maximum absolute atomic E-state index is 13.8. The highest BCUT2D eigenvalue weighted by atomic mass is 35.5. The van der Waals surface area contributed by atoms with Crippen molar-refractivity contribution in [1.29, 1.82) is 0 Å². The van der Waals surface area contributed by atoms with Crippen molar-refractivity contribution < 1.29 is 22.7 Å². The number of hydrogen-bond acceptors (Lipinski definition) is 6. The second-order valence-electron chi connectivity index (χ2n) is 9.29. The van der Waals surface area contributed by atoms with Gasteiger partial charge in [-0.25, -0.2) is 13.8 Å². The van der Waals surface area contributed by atoms with E-state index in [1.165, 1.54) is 38.6 Å². The molecule has 4 aromatic rings. The number of methoxy groups -OCH3 is 2. The minimum Gasteiger partial charge on any atom is -0.497 e. The van der Waals surface area contributed by atoms with Gasteiger partial charge in [-0.1, -0.05) is 29.3 Å². The van der Waals surface area contributed by atoms with Crippen LogP contribution in [0.4, 0.5) is 5.69 Å². The maximum Gasteiger partial charge on any atom is 0.264 e. The lowest BCUT2D eigenvalue weighted by atomic mass is 10.2. The summed E-state index contributed by atoms with van der Waals surface area (Å²) in [7, 11) is -1.28. The number of carbonyl (C=O) groups is 1. The number of aromatic nitrogens is 1. The van der Waals surface area contributed by atoms with Crippen molar-refractivity contribution in [2.75, 3.05) is 25.1 Å². The molecule has 0 saturated heterocycles. The zero-order valence-electron chi connectivity index (χ0n) is 23.4. The lowest BCUT2D eigenvalue weighted by molar-refractivity contribution is -0.119. The minimum absolute atomic E-state index is 0.0268. The number of carbonyl (C=O) groups excluding carboxylic acids is 1. The molecule has 0 saturated carbocycles. The van der Waals surface area contributed by atoms with E-state index in [-0.39, 0.29) is 16.3 Å². The van der Waals surface area contributed by atoms with Crippen LogP contribution in [0.15, 0.2) is 82.8 Å².